The Morgan fingerprint density at radius 2 is 2.18 bits per heavy atom. The lowest BCUT2D eigenvalue weighted by Crippen LogP contribution is -2.10. The number of benzene rings is 1. The smallest absolute Gasteiger partial charge is 0.0572 e. The maximum absolute atomic E-state index is 5.86. The first-order valence-electron chi connectivity index (χ1n) is 3.34. The predicted octanol–water partition coefficient (Wildman–Crippen LogP) is 1.99. The number of hydrogen-bond donors (Lipinski definition) is 1. The number of rotatable bonds is 3. The van der Waals surface area contributed by atoms with Crippen LogP contribution in [0.25, 0.3) is 0 Å². The fourth-order valence-corrected chi connectivity index (χ4v) is 0.994. The van der Waals surface area contributed by atoms with Gasteiger partial charge in [-0.15, -0.1) is 0 Å². The Kier molecular flexibility index (Phi) is 3.36. The number of halogens is 1. The molecule has 2 nitrogen and oxygen atoms in total. The molecule has 11 heavy (non-hydrogen) atoms. The van der Waals surface area contributed by atoms with Crippen LogP contribution < -0.4 is 5.48 Å². The standard InChI is InChI=1S/C8H10ClNO/c1-11-10-6-7-4-2-3-5-8(7)9/h2-5,10H,6H2,1H3. The molecule has 0 aliphatic heterocycles. The van der Waals surface area contributed by atoms with Crippen LogP contribution in [0.3, 0.4) is 0 Å². The molecule has 3 heteroatoms. The predicted molar refractivity (Wildman–Crippen MR) is 45.3 cm³/mol. The van der Waals surface area contributed by atoms with Crippen LogP contribution in [0.5, 0.6) is 0 Å². The van der Waals surface area contributed by atoms with Crippen molar-refractivity contribution in [3.8, 4) is 0 Å². The molecular weight excluding hydrogens is 162 g/mol. The second-order valence-corrected chi connectivity index (χ2v) is 2.52. The molecule has 0 saturated carbocycles. The van der Waals surface area contributed by atoms with Gasteiger partial charge in [0.25, 0.3) is 0 Å². The molecule has 1 rings (SSSR count). The van der Waals surface area contributed by atoms with Crippen LogP contribution in [0.15, 0.2) is 24.3 Å². The van der Waals surface area contributed by atoms with Gasteiger partial charge in [0.1, 0.15) is 0 Å². The van der Waals surface area contributed by atoms with E-state index in [9.17, 15) is 0 Å². The number of hydrogen-bond acceptors (Lipinski definition) is 2. The fraction of sp³-hybridized carbons (Fsp3) is 0.250. The molecule has 0 unspecified atom stereocenters. The molecule has 0 bridgehead atoms. The minimum absolute atomic E-state index is 0.635. The van der Waals surface area contributed by atoms with Gasteiger partial charge >= 0.3 is 0 Å². The highest BCUT2D eigenvalue weighted by molar-refractivity contribution is 6.31. The van der Waals surface area contributed by atoms with Crippen molar-refractivity contribution in [2.45, 2.75) is 6.54 Å². The highest BCUT2D eigenvalue weighted by atomic mass is 35.5. The van der Waals surface area contributed by atoms with E-state index >= 15 is 0 Å². The molecule has 0 heterocycles. The Morgan fingerprint density at radius 1 is 1.45 bits per heavy atom. The monoisotopic (exact) mass is 171 g/mol. The van der Waals surface area contributed by atoms with Crippen LogP contribution in [0.2, 0.25) is 5.02 Å². The van der Waals surface area contributed by atoms with E-state index < -0.39 is 0 Å². The summed E-state index contributed by atoms with van der Waals surface area (Å²) in [5.41, 5.74) is 3.76. The van der Waals surface area contributed by atoms with Gasteiger partial charge in [-0.1, -0.05) is 29.8 Å². The lowest BCUT2D eigenvalue weighted by atomic mass is 10.2. The average Bonchev–Trinajstić information content (AvgIpc) is 2.03. The van der Waals surface area contributed by atoms with E-state index in [1.165, 1.54) is 0 Å². The van der Waals surface area contributed by atoms with Crippen LogP contribution in [-0.2, 0) is 11.4 Å². The van der Waals surface area contributed by atoms with E-state index in [4.69, 9.17) is 16.4 Å². The van der Waals surface area contributed by atoms with Crippen molar-refractivity contribution in [2.24, 2.45) is 0 Å². The summed E-state index contributed by atoms with van der Waals surface area (Å²) in [6.07, 6.45) is 0. The highest BCUT2D eigenvalue weighted by Crippen LogP contribution is 2.13. The van der Waals surface area contributed by atoms with E-state index in [0.29, 0.717) is 6.54 Å². The number of hydroxylamine groups is 1. The first kappa shape index (κ1) is 8.53. The van der Waals surface area contributed by atoms with Crippen molar-refractivity contribution < 1.29 is 4.84 Å². The van der Waals surface area contributed by atoms with Crippen molar-refractivity contribution >= 4 is 11.6 Å². The Hall–Kier alpha value is -0.570. The lowest BCUT2D eigenvalue weighted by Gasteiger charge is -2.02. The molecule has 0 saturated heterocycles. The van der Waals surface area contributed by atoms with Crippen molar-refractivity contribution in [1.82, 2.24) is 5.48 Å². The fourth-order valence-electron chi connectivity index (χ4n) is 0.792. The molecule has 0 aliphatic rings. The maximum atomic E-state index is 5.86. The molecule has 0 amide bonds. The molecule has 0 atom stereocenters. The second-order valence-electron chi connectivity index (χ2n) is 2.12. The van der Waals surface area contributed by atoms with Crippen molar-refractivity contribution in [3.05, 3.63) is 34.9 Å². The normalized spacial score (nSPS) is 10.0. The molecule has 1 N–H and O–H groups in total. The van der Waals surface area contributed by atoms with Gasteiger partial charge in [-0.3, -0.25) is 0 Å². The van der Waals surface area contributed by atoms with Gasteiger partial charge < -0.3 is 4.84 Å². The second kappa shape index (κ2) is 4.34. The van der Waals surface area contributed by atoms with Crippen LogP contribution in [0.4, 0.5) is 0 Å². The SMILES string of the molecule is CONCc1ccccc1Cl. The molecule has 60 valence electrons. The largest absolute Gasteiger partial charge is 0.305 e. The van der Waals surface area contributed by atoms with E-state index in [2.05, 4.69) is 5.48 Å². The van der Waals surface area contributed by atoms with Gasteiger partial charge in [0.05, 0.1) is 7.11 Å². The zero-order chi connectivity index (χ0) is 8.10. The van der Waals surface area contributed by atoms with E-state index in [1.54, 1.807) is 7.11 Å². The maximum Gasteiger partial charge on any atom is 0.0572 e. The molecular formula is C8H10ClNO. The van der Waals surface area contributed by atoms with Crippen molar-refractivity contribution in [2.75, 3.05) is 7.11 Å². The summed E-state index contributed by atoms with van der Waals surface area (Å²) in [7, 11) is 1.58. The summed E-state index contributed by atoms with van der Waals surface area (Å²) in [5.74, 6) is 0. The molecule has 0 spiro atoms. The molecule has 0 radical (unpaired) electrons. The highest BCUT2D eigenvalue weighted by Gasteiger charge is 1.95. The topological polar surface area (TPSA) is 21.3 Å². The zero-order valence-electron chi connectivity index (χ0n) is 6.30. The first-order chi connectivity index (χ1) is 5.34. The minimum Gasteiger partial charge on any atom is -0.305 e. The molecule has 1 aromatic carbocycles. The Morgan fingerprint density at radius 3 is 2.82 bits per heavy atom. The Balaban J connectivity index is 2.62. The van der Waals surface area contributed by atoms with E-state index in [1.807, 2.05) is 24.3 Å². The quantitative estimate of drug-likeness (QED) is 0.703. The Labute approximate surface area is 71.1 Å². The van der Waals surface area contributed by atoms with Gasteiger partial charge in [-0.2, -0.15) is 5.48 Å². The van der Waals surface area contributed by atoms with E-state index in [-0.39, 0.29) is 0 Å². The van der Waals surface area contributed by atoms with Crippen molar-refractivity contribution in [1.29, 1.82) is 0 Å². The van der Waals surface area contributed by atoms with Gasteiger partial charge in [-0.05, 0) is 11.6 Å². The summed E-state index contributed by atoms with van der Waals surface area (Å²) in [5, 5.41) is 0.761. The van der Waals surface area contributed by atoms with Crippen LogP contribution in [0.1, 0.15) is 5.56 Å². The zero-order valence-corrected chi connectivity index (χ0v) is 7.06. The molecule has 0 fully saturated rings. The van der Waals surface area contributed by atoms with E-state index in [0.717, 1.165) is 10.6 Å². The summed E-state index contributed by atoms with van der Waals surface area (Å²) in [6.45, 7) is 0.635. The molecule has 0 aromatic heterocycles. The first-order valence-corrected chi connectivity index (χ1v) is 3.71. The average molecular weight is 172 g/mol. The summed E-state index contributed by atoms with van der Waals surface area (Å²) in [6, 6.07) is 7.65. The minimum atomic E-state index is 0.635. The summed E-state index contributed by atoms with van der Waals surface area (Å²) < 4.78 is 0. The number of nitrogens with one attached hydrogen (secondary N) is 1. The lowest BCUT2D eigenvalue weighted by molar-refractivity contribution is 0.0867. The third kappa shape index (κ3) is 2.50. The molecule has 1 aromatic rings. The third-order valence-electron chi connectivity index (χ3n) is 1.36. The van der Waals surface area contributed by atoms with Gasteiger partial charge in [0.15, 0.2) is 0 Å². The summed E-state index contributed by atoms with van der Waals surface area (Å²) >= 11 is 5.86. The van der Waals surface area contributed by atoms with Crippen molar-refractivity contribution in [3.63, 3.8) is 0 Å². The van der Waals surface area contributed by atoms with Gasteiger partial charge in [0.2, 0.25) is 0 Å². The molecule has 0 aliphatic carbocycles. The van der Waals surface area contributed by atoms with Crippen LogP contribution in [0, 0.1) is 0 Å². The van der Waals surface area contributed by atoms with Crippen LogP contribution >= 0.6 is 11.6 Å². The van der Waals surface area contributed by atoms with Crippen LogP contribution in [-0.4, -0.2) is 7.11 Å². The Bertz CT molecular complexity index is 227. The van der Waals surface area contributed by atoms with Gasteiger partial charge in [-0.25, -0.2) is 0 Å². The third-order valence-corrected chi connectivity index (χ3v) is 1.73. The summed E-state index contributed by atoms with van der Waals surface area (Å²) in [4.78, 5) is 4.69. The van der Waals surface area contributed by atoms with Gasteiger partial charge in [0, 0.05) is 11.6 Å².